The van der Waals surface area contributed by atoms with E-state index in [0.717, 1.165) is 74.7 Å². The van der Waals surface area contributed by atoms with E-state index in [9.17, 15) is 13.2 Å². The van der Waals surface area contributed by atoms with E-state index < -0.39 is 6.17 Å². The molecule has 0 heterocycles. The second-order valence-electron chi connectivity index (χ2n) is 10.2. The minimum absolute atomic E-state index is 0.134. The van der Waals surface area contributed by atoms with Gasteiger partial charge in [0.25, 0.3) is 0 Å². The van der Waals surface area contributed by atoms with Crippen molar-refractivity contribution in [3.05, 3.63) is 59.4 Å². The lowest BCUT2D eigenvalue weighted by molar-refractivity contribution is 0.0170. The van der Waals surface area contributed by atoms with Gasteiger partial charge in [-0.15, -0.1) is 0 Å². The highest BCUT2D eigenvalue weighted by molar-refractivity contribution is 5.64. The quantitative estimate of drug-likeness (QED) is 0.360. The van der Waals surface area contributed by atoms with E-state index in [-0.39, 0.29) is 12.5 Å². The average Bonchev–Trinajstić information content (AvgIpc) is 2.89. The fraction of sp³-hybridized carbons (Fsp3) is 0.613. The van der Waals surface area contributed by atoms with E-state index in [2.05, 4.69) is 31.2 Å². The van der Waals surface area contributed by atoms with Crippen molar-refractivity contribution in [1.82, 2.24) is 0 Å². The molecule has 0 unspecified atom stereocenters. The topological polar surface area (TPSA) is 9.23 Å². The molecule has 0 saturated heterocycles. The third-order valence-electron chi connectivity index (χ3n) is 7.67. The molecule has 4 heteroatoms. The summed E-state index contributed by atoms with van der Waals surface area (Å²) in [5.41, 5.74) is 3.97. The molecule has 0 atom stereocenters. The summed E-state index contributed by atoms with van der Waals surface area (Å²) in [5.74, 6) is 0.970. The predicted molar refractivity (Wildman–Crippen MR) is 140 cm³/mol. The maximum Gasteiger partial charge on any atom is 0.127 e. The van der Waals surface area contributed by atoms with Crippen molar-refractivity contribution in [3.63, 3.8) is 0 Å². The summed E-state index contributed by atoms with van der Waals surface area (Å²) in [7, 11) is 0. The van der Waals surface area contributed by atoms with Crippen molar-refractivity contribution in [1.29, 1.82) is 0 Å². The second-order valence-corrected chi connectivity index (χ2v) is 10.2. The van der Waals surface area contributed by atoms with E-state index >= 15 is 0 Å². The first-order valence-corrected chi connectivity index (χ1v) is 13.7. The van der Waals surface area contributed by atoms with Gasteiger partial charge in [-0.1, -0.05) is 50.2 Å². The van der Waals surface area contributed by atoms with E-state index in [1.807, 2.05) is 19.1 Å². The van der Waals surface area contributed by atoms with Crippen molar-refractivity contribution >= 4 is 0 Å². The van der Waals surface area contributed by atoms with Gasteiger partial charge in [0.15, 0.2) is 0 Å². The molecular formula is C31H43F3O. The fourth-order valence-corrected chi connectivity index (χ4v) is 5.37. The van der Waals surface area contributed by atoms with E-state index in [0.29, 0.717) is 37.2 Å². The first-order valence-electron chi connectivity index (χ1n) is 13.7. The zero-order chi connectivity index (χ0) is 25.0. The molecular weight excluding hydrogens is 445 g/mol. The molecule has 194 valence electrons. The minimum Gasteiger partial charge on any atom is -0.378 e. The van der Waals surface area contributed by atoms with Crippen LogP contribution in [-0.4, -0.2) is 25.6 Å². The lowest BCUT2D eigenvalue weighted by Crippen LogP contribution is -2.22. The Labute approximate surface area is 210 Å². The highest BCUT2D eigenvalue weighted by Crippen LogP contribution is 2.35. The summed E-state index contributed by atoms with van der Waals surface area (Å²) < 4.78 is 44.8. The van der Waals surface area contributed by atoms with Crippen molar-refractivity contribution in [2.75, 3.05) is 13.3 Å². The minimum atomic E-state index is -0.615. The molecule has 0 spiro atoms. The van der Waals surface area contributed by atoms with Gasteiger partial charge in [0, 0.05) is 6.61 Å². The molecule has 4 rings (SSSR count). The Balaban J connectivity index is 0.000000225. The highest BCUT2D eigenvalue weighted by atomic mass is 19.1. The van der Waals surface area contributed by atoms with Crippen LogP contribution in [0.2, 0.25) is 0 Å². The normalized spacial score (nSPS) is 24.5. The van der Waals surface area contributed by atoms with Crippen molar-refractivity contribution in [2.45, 2.75) is 103 Å². The Morgan fingerprint density at radius 1 is 0.829 bits per heavy atom. The molecule has 2 aromatic carbocycles. The molecule has 0 bridgehead atoms. The molecule has 2 fully saturated rings. The first kappa shape index (κ1) is 27.8. The third-order valence-corrected chi connectivity index (χ3v) is 7.67. The zero-order valence-corrected chi connectivity index (χ0v) is 21.6. The molecule has 0 aromatic heterocycles. The molecule has 0 radical (unpaired) electrons. The third kappa shape index (κ3) is 8.66. The number of rotatable bonds is 8. The van der Waals surface area contributed by atoms with Gasteiger partial charge in [-0.25, -0.2) is 8.78 Å². The molecule has 0 N–H and O–H groups in total. The number of aryl methyl sites for hydroxylation is 1. The van der Waals surface area contributed by atoms with Gasteiger partial charge in [-0.3, -0.25) is 4.39 Å². The molecule has 0 aliphatic heterocycles. The van der Waals surface area contributed by atoms with Gasteiger partial charge in [0.2, 0.25) is 0 Å². The Bertz CT molecular complexity index is 850. The van der Waals surface area contributed by atoms with Crippen LogP contribution in [0.25, 0.3) is 11.1 Å². The summed E-state index contributed by atoms with van der Waals surface area (Å²) in [5, 5.41) is 0. The van der Waals surface area contributed by atoms with Gasteiger partial charge in [-0.2, -0.15) is 0 Å². The number of hydrogen-bond acceptors (Lipinski definition) is 1. The SMILES string of the molecule is CCCOC1CCC(CCF)CC1.CCc1ccc(-c2ccc(C3CCC(F)CC3)cc2)cc1F. The van der Waals surface area contributed by atoms with Crippen LogP contribution in [0.5, 0.6) is 0 Å². The number of hydrogen-bond donors (Lipinski definition) is 0. The Morgan fingerprint density at radius 2 is 1.49 bits per heavy atom. The highest BCUT2D eigenvalue weighted by Gasteiger charge is 2.22. The standard InChI is InChI=1S/C20H22F2.C11H21FO/c1-2-14-3-8-18(13-20(14)22)17-6-4-15(5-7-17)16-9-11-19(21)12-10-16;1-2-9-13-11-5-3-10(4-6-11)7-8-12/h3-8,13,16,19H,2,9-12H2,1H3;10-11H,2-9H2,1H3. The van der Waals surface area contributed by atoms with Crippen LogP contribution in [-0.2, 0) is 11.2 Å². The molecule has 0 amide bonds. The first-order chi connectivity index (χ1) is 17.0. The summed E-state index contributed by atoms with van der Waals surface area (Å²) in [4.78, 5) is 0. The summed E-state index contributed by atoms with van der Waals surface area (Å²) in [6.07, 6.45) is 10.3. The smallest absolute Gasteiger partial charge is 0.127 e. The Kier molecular flexibility index (Phi) is 11.6. The van der Waals surface area contributed by atoms with E-state index in [1.165, 1.54) is 5.56 Å². The molecule has 2 aliphatic carbocycles. The van der Waals surface area contributed by atoms with Crippen LogP contribution in [0.3, 0.4) is 0 Å². The molecule has 2 aliphatic rings. The number of halogens is 3. The lowest BCUT2D eigenvalue weighted by Gasteiger charge is -2.27. The Morgan fingerprint density at radius 3 is 2.06 bits per heavy atom. The number of ether oxygens (including phenoxy) is 1. The van der Waals surface area contributed by atoms with Crippen molar-refractivity contribution in [2.24, 2.45) is 5.92 Å². The summed E-state index contributed by atoms with van der Waals surface area (Å²) >= 11 is 0. The van der Waals surface area contributed by atoms with Crippen LogP contribution >= 0.6 is 0 Å². The summed E-state index contributed by atoms with van der Waals surface area (Å²) in [6, 6.07) is 13.8. The van der Waals surface area contributed by atoms with Gasteiger partial charge in [-0.05, 0) is 111 Å². The average molecular weight is 489 g/mol. The van der Waals surface area contributed by atoms with Crippen LogP contribution in [0.4, 0.5) is 13.2 Å². The van der Waals surface area contributed by atoms with E-state index in [4.69, 9.17) is 4.74 Å². The monoisotopic (exact) mass is 488 g/mol. The Hall–Kier alpha value is -1.81. The van der Waals surface area contributed by atoms with Crippen LogP contribution < -0.4 is 0 Å². The number of benzene rings is 2. The van der Waals surface area contributed by atoms with Gasteiger partial charge < -0.3 is 4.74 Å². The van der Waals surface area contributed by atoms with Crippen LogP contribution in [0, 0.1) is 11.7 Å². The summed E-state index contributed by atoms with van der Waals surface area (Å²) in [6.45, 7) is 4.83. The lowest BCUT2D eigenvalue weighted by atomic mass is 9.83. The molecule has 2 saturated carbocycles. The maximum atomic E-state index is 13.9. The molecule has 35 heavy (non-hydrogen) atoms. The second kappa shape index (κ2) is 14.7. The predicted octanol–water partition coefficient (Wildman–Crippen LogP) is 9.38. The van der Waals surface area contributed by atoms with Crippen molar-refractivity contribution < 1.29 is 17.9 Å². The van der Waals surface area contributed by atoms with Gasteiger partial charge >= 0.3 is 0 Å². The fourth-order valence-electron chi connectivity index (χ4n) is 5.37. The maximum absolute atomic E-state index is 13.9. The molecule has 2 aromatic rings. The van der Waals surface area contributed by atoms with E-state index in [1.54, 1.807) is 6.07 Å². The van der Waals surface area contributed by atoms with Crippen molar-refractivity contribution in [3.8, 4) is 11.1 Å². The van der Waals surface area contributed by atoms with Gasteiger partial charge in [0.1, 0.15) is 12.0 Å². The van der Waals surface area contributed by atoms with Crippen LogP contribution in [0.1, 0.15) is 95.1 Å². The largest absolute Gasteiger partial charge is 0.378 e. The van der Waals surface area contributed by atoms with Gasteiger partial charge in [0.05, 0.1) is 12.8 Å². The van der Waals surface area contributed by atoms with Crippen LogP contribution in [0.15, 0.2) is 42.5 Å². The number of alkyl halides is 2. The zero-order valence-electron chi connectivity index (χ0n) is 21.6. The molecule has 1 nitrogen and oxygen atoms in total.